The fourth-order valence-corrected chi connectivity index (χ4v) is 5.88. The Morgan fingerprint density at radius 3 is 2.30 bits per heavy atom. The van der Waals surface area contributed by atoms with Crippen LogP contribution in [0.2, 0.25) is 0 Å². The van der Waals surface area contributed by atoms with Crippen molar-refractivity contribution in [3.8, 4) is 0 Å². The molecule has 4 rings (SSSR count). The molecule has 1 saturated heterocycles. The Balaban J connectivity index is 1.33. The van der Waals surface area contributed by atoms with Crippen molar-refractivity contribution in [2.24, 2.45) is 11.8 Å². The van der Waals surface area contributed by atoms with Gasteiger partial charge >= 0.3 is 0 Å². The summed E-state index contributed by atoms with van der Waals surface area (Å²) in [5, 5.41) is 22.5. The summed E-state index contributed by atoms with van der Waals surface area (Å²) in [4.78, 5) is 15.9. The molecule has 0 radical (unpaired) electrons. The number of nitrogens with zero attached hydrogens (tertiary/aromatic N) is 3. The number of carbonyl (C=O) groups excluding carboxylic acids is 1. The average Bonchev–Trinajstić information content (AvgIpc) is 3.21. The van der Waals surface area contributed by atoms with E-state index >= 15 is 0 Å². The Labute approximate surface area is 180 Å². The largest absolute Gasteiger partial charge is 0.375 e. The van der Waals surface area contributed by atoms with Gasteiger partial charge in [0.05, 0.1) is 6.20 Å². The summed E-state index contributed by atoms with van der Waals surface area (Å²) >= 11 is 0. The van der Waals surface area contributed by atoms with Crippen LogP contribution in [0.4, 0.5) is 0 Å². The summed E-state index contributed by atoms with van der Waals surface area (Å²) < 4.78 is 0. The monoisotopic (exact) mass is 414 g/mol. The second-order valence-corrected chi connectivity index (χ2v) is 9.78. The van der Waals surface area contributed by atoms with Crippen LogP contribution < -0.4 is 5.32 Å². The molecule has 1 aromatic heterocycles. The Bertz CT molecular complexity index is 663. The van der Waals surface area contributed by atoms with Gasteiger partial charge in [0.2, 0.25) is 0 Å². The molecule has 0 aromatic carbocycles. The van der Waals surface area contributed by atoms with Gasteiger partial charge in [0.15, 0.2) is 5.60 Å². The van der Waals surface area contributed by atoms with Gasteiger partial charge in [-0.25, -0.2) is 0 Å². The van der Waals surface area contributed by atoms with E-state index in [-0.39, 0.29) is 17.9 Å². The van der Waals surface area contributed by atoms with Crippen LogP contribution in [0.25, 0.3) is 0 Å². The average molecular weight is 415 g/mol. The minimum atomic E-state index is -1.50. The molecule has 3 fully saturated rings. The third-order valence-electron chi connectivity index (χ3n) is 7.73. The van der Waals surface area contributed by atoms with E-state index in [9.17, 15) is 9.90 Å². The molecule has 0 bridgehead atoms. The first kappa shape index (κ1) is 21.7. The molecule has 6 nitrogen and oxygen atoms in total. The number of likely N-dealkylation sites (tertiary alicyclic amines) is 1. The maximum Gasteiger partial charge on any atom is 0.257 e. The summed E-state index contributed by atoms with van der Waals surface area (Å²) in [7, 11) is 0. The lowest BCUT2D eigenvalue weighted by Crippen LogP contribution is -2.54. The first-order chi connectivity index (χ1) is 14.7. The van der Waals surface area contributed by atoms with Crippen molar-refractivity contribution in [1.82, 2.24) is 20.4 Å². The van der Waals surface area contributed by atoms with E-state index in [2.05, 4.69) is 20.4 Å². The molecule has 1 unspecified atom stereocenters. The zero-order chi connectivity index (χ0) is 20.8. The highest BCUT2D eigenvalue weighted by molar-refractivity contribution is 5.87. The van der Waals surface area contributed by atoms with E-state index in [0.717, 1.165) is 57.5 Å². The molecule has 2 aliphatic carbocycles. The van der Waals surface area contributed by atoms with Crippen LogP contribution in [0.3, 0.4) is 0 Å². The van der Waals surface area contributed by atoms with Crippen molar-refractivity contribution in [3.63, 3.8) is 0 Å². The quantitative estimate of drug-likeness (QED) is 0.698. The fourth-order valence-electron chi connectivity index (χ4n) is 5.88. The number of amides is 1. The molecule has 1 aliphatic heterocycles. The van der Waals surface area contributed by atoms with Crippen LogP contribution in [0.1, 0.15) is 82.6 Å². The zero-order valence-electron chi connectivity index (χ0n) is 18.3. The van der Waals surface area contributed by atoms with E-state index in [1.54, 1.807) is 18.5 Å². The zero-order valence-corrected chi connectivity index (χ0v) is 18.3. The number of hydrogen-bond acceptors (Lipinski definition) is 5. The van der Waals surface area contributed by atoms with E-state index in [1.807, 2.05) is 0 Å². The van der Waals surface area contributed by atoms with Gasteiger partial charge in [0.25, 0.3) is 5.91 Å². The van der Waals surface area contributed by atoms with Gasteiger partial charge in [-0.2, -0.15) is 10.2 Å². The molecule has 1 amide bonds. The molecule has 6 heteroatoms. The third-order valence-corrected chi connectivity index (χ3v) is 7.73. The smallest absolute Gasteiger partial charge is 0.257 e. The van der Waals surface area contributed by atoms with Gasteiger partial charge in [0.1, 0.15) is 0 Å². The molecular weight excluding hydrogens is 376 g/mol. The van der Waals surface area contributed by atoms with Crippen LogP contribution in [0, 0.1) is 11.8 Å². The topological polar surface area (TPSA) is 78.4 Å². The number of piperidine rings is 1. The Kier molecular flexibility index (Phi) is 7.37. The molecule has 2 heterocycles. The molecule has 3 aliphatic rings. The molecule has 0 spiro atoms. The van der Waals surface area contributed by atoms with E-state index in [4.69, 9.17) is 0 Å². The molecule has 30 heavy (non-hydrogen) atoms. The van der Waals surface area contributed by atoms with Crippen LogP contribution in [-0.2, 0) is 10.4 Å². The lowest BCUT2D eigenvalue weighted by Gasteiger charge is -2.38. The minimum Gasteiger partial charge on any atom is -0.375 e. The SMILES string of the molecule is O=C(NC1CCN(CC2CCCCCC2)CC1)C(O)(c1ccnnc1)C1CCCC1. The van der Waals surface area contributed by atoms with Crippen molar-refractivity contribution >= 4 is 5.91 Å². The summed E-state index contributed by atoms with van der Waals surface area (Å²) in [5.74, 6) is 0.562. The summed E-state index contributed by atoms with van der Waals surface area (Å²) in [6.45, 7) is 3.30. The van der Waals surface area contributed by atoms with Crippen LogP contribution in [-0.4, -0.2) is 51.8 Å². The highest BCUT2D eigenvalue weighted by atomic mass is 16.3. The Hall–Kier alpha value is -1.53. The molecule has 2 saturated carbocycles. The Morgan fingerprint density at radius 2 is 1.67 bits per heavy atom. The van der Waals surface area contributed by atoms with Crippen molar-refractivity contribution in [1.29, 1.82) is 0 Å². The number of carbonyl (C=O) groups is 1. The lowest BCUT2D eigenvalue weighted by molar-refractivity contribution is -0.148. The maximum absolute atomic E-state index is 13.3. The standard InChI is InChI=1S/C24H38N4O2/c29-23(24(30,20-9-5-6-10-20)21-11-14-25-26-17-21)27-22-12-15-28(16-13-22)18-19-7-3-1-2-4-8-19/h11,14,17,19-20,22,30H,1-10,12-13,15-16,18H2,(H,27,29). The third kappa shape index (κ3) is 5.02. The van der Waals surface area contributed by atoms with Gasteiger partial charge in [-0.3, -0.25) is 4.79 Å². The second kappa shape index (κ2) is 10.2. The fraction of sp³-hybridized carbons (Fsp3) is 0.792. The van der Waals surface area contributed by atoms with Crippen molar-refractivity contribution < 1.29 is 9.90 Å². The van der Waals surface area contributed by atoms with E-state index in [1.165, 1.54) is 45.1 Å². The molecule has 166 valence electrons. The van der Waals surface area contributed by atoms with Crippen molar-refractivity contribution in [3.05, 3.63) is 24.0 Å². The highest BCUT2D eigenvalue weighted by Crippen LogP contribution is 2.40. The lowest BCUT2D eigenvalue weighted by atomic mass is 9.80. The number of nitrogens with one attached hydrogen (secondary N) is 1. The minimum absolute atomic E-state index is 0.0444. The van der Waals surface area contributed by atoms with Gasteiger partial charge in [-0.05, 0) is 50.5 Å². The number of aliphatic hydroxyl groups is 1. The van der Waals surface area contributed by atoms with Gasteiger partial charge in [0, 0.05) is 43.4 Å². The van der Waals surface area contributed by atoms with Gasteiger partial charge in [-0.1, -0.05) is 38.5 Å². The molecule has 1 atom stereocenters. The van der Waals surface area contributed by atoms with E-state index < -0.39 is 5.60 Å². The predicted octanol–water partition coefficient (Wildman–Crippen LogP) is 3.41. The van der Waals surface area contributed by atoms with Crippen molar-refractivity contribution in [2.75, 3.05) is 19.6 Å². The van der Waals surface area contributed by atoms with Crippen LogP contribution in [0.5, 0.6) is 0 Å². The van der Waals surface area contributed by atoms with Crippen LogP contribution >= 0.6 is 0 Å². The van der Waals surface area contributed by atoms with E-state index in [0.29, 0.717) is 5.56 Å². The highest BCUT2D eigenvalue weighted by Gasteiger charge is 2.47. The maximum atomic E-state index is 13.3. The number of hydrogen-bond donors (Lipinski definition) is 2. The van der Waals surface area contributed by atoms with Crippen LogP contribution in [0.15, 0.2) is 18.5 Å². The summed E-state index contributed by atoms with van der Waals surface area (Å²) in [5.41, 5.74) is -0.920. The normalized spacial score (nSPS) is 25.0. The predicted molar refractivity (Wildman–Crippen MR) is 117 cm³/mol. The molecule has 1 aromatic rings. The molecule has 2 N–H and O–H groups in total. The summed E-state index contributed by atoms with van der Waals surface area (Å²) in [6, 6.07) is 1.88. The van der Waals surface area contributed by atoms with Crippen molar-refractivity contribution in [2.45, 2.75) is 88.7 Å². The second-order valence-electron chi connectivity index (χ2n) is 9.78. The number of aromatic nitrogens is 2. The summed E-state index contributed by atoms with van der Waals surface area (Å²) in [6.07, 6.45) is 17.3. The molecular formula is C24H38N4O2. The first-order valence-corrected chi connectivity index (χ1v) is 12.2. The first-order valence-electron chi connectivity index (χ1n) is 12.2. The van der Waals surface area contributed by atoms with Gasteiger partial charge in [-0.15, -0.1) is 0 Å². The Morgan fingerprint density at radius 1 is 1.00 bits per heavy atom. The van der Waals surface area contributed by atoms with Gasteiger partial charge < -0.3 is 15.3 Å². The number of rotatable bonds is 6.